The van der Waals surface area contributed by atoms with Gasteiger partial charge < -0.3 is 9.47 Å². The Balaban J connectivity index is 1.46. The third-order valence-corrected chi connectivity index (χ3v) is 5.87. The maximum Gasteiger partial charge on any atom is 0.261 e. The lowest BCUT2D eigenvalue weighted by Crippen LogP contribution is -2.26. The lowest BCUT2D eigenvalue weighted by Gasteiger charge is -2.14. The van der Waals surface area contributed by atoms with Crippen LogP contribution in [0.25, 0.3) is 22.3 Å². The number of ether oxygens (including phenoxy) is 2. The van der Waals surface area contributed by atoms with Gasteiger partial charge in [0.15, 0.2) is 0 Å². The Morgan fingerprint density at radius 2 is 1.78 bits per heavy atom. The Kier molecular flexibility index (Phi) is 7.25. The Bertz CT molecular complexity index is 1290. The van der Waals surface area contributed by atoms with Crippen molar-refractivity contribution in [2.24, 2.45) is 0 Å². The van der Waals surface area contributed by atoms with E-state index in [2.05, 4.69) is 15.9 Å². The van der Waals surface area contributed by atoms with Crippen molar-refractivity contribution in [3.05, 3.63) is 92.1 Å². The molecule has 3 aromatic carbocycles. The zero-order valence-electron chi connectivity index (χ0n) is 17.6. The zero-order chi connectivity index (χ0) is 22.5. The maximum absolute atomic E-state index is 13.2. The predicted molar refractivity (Wildman–Crippen MR) is 132 cm³/mol. The second-order valence-electron chi connectivity index (χ2n) is 7.31. The average molecular weight is 514 g/mol. The predicted octanol–water partition coefficient (Wildman–Crippen LogP) is 5.88. The van der Waals surface area contributed by atoms with E-state index >= 15 is 0 Å². The number of rotatable bonds is 8. The van der Waals surface area contributed by atoms with Crippen molar-refractivity contribution >= 4 is 38.4 Å². The number of nitrogens with zero attached hydrogens (tertiary/aromatic N) is 2. The van der Waals surface area contributed by atoms with E-state index in [0.29, 0.717) is 48.1 Å². The minimum atomic E-state index is -0.0935. The summed E-state index contributed by atoms with van der Waals surface area (Å²) >= 11 is 9.54. The molecule has 5 nitrogen and oxygen atoms in total. The van der Waals surface area contributed by atoms with Crippen LogP contribution in [0.4, 0.5) is 0 Å². The van der Waals surface area contributed by atoms with Gasteiger partial charge in [-0.05, 0) is 76.9 Å². The largest absolute Gasteiger partial charge is 0.490 e. The van der Waals surface area contributed by atoms with Gasteiger partial charge in [-0.25, -0.2) is 4.98 Å². The van der Waals surface area contributed by atoms with E-state index < -0.39 is 0 Å². The first-order valence-electron chi connectivity index (χ1n) is 10.2. The van der Waals surface area contributed by atoms with Gasteiger partial charge in [0.25, 0.3) is 5.56 Å². The standard InChI is InChI=1S/C25H22BrClN2O3/c1-17-6-11-23(21(26)16-17)32-15-14-31-13-12-29-24(18-7-9-19(27)10-8-18)28-22-5-3-2-4-20(22)25(29)30/h2-11,16H,12-15H2,1H3. The van der Waals surface area contributed by atoms with Crippen molar-refractivity contribution in [1.29, 1.82) is 0 Å². The van der Waals surface area contributed by atoms with Gasteiger partial charge in [-0.3, -0.25) is 9.36 Å². The molecule has 0 spiro atoms. The van der Waals surface area contributed by atoms with E-state index in [1.54, 1.807) is 22.8 Å². The summed E-state index contributed by atoms with van der Waals surface area (Å²) in [5.41, 5.74) is 2.55. The second-order valence-corrected chi connectivity index (χ2v) is 8.60. The van der Waals surface area contributed by atoms with Crippen LogP contribution >= 0.6 is 27.5 Å². The van der Waals surface area contributed by atoms with E-state index in [-0.39, 0.29) is 5.56 Å². The monoisotopic (exact) mass is 512 g/mol. The summed E-state index contributed by atoms with van der Waals surface area (Å²) in [5, 5.41) is 1.21. The van der Waals surface area contributed by atoms with Crippen molar-refractivity contribution in [1.82, 2.24) is 9.55 Å². The van der Waals surface area contributed by atoms with Gasteiger partial charge in [-0.2, -0.15) is 0 Å². The van der Waals surface area contributed by atoms with E-state index in [1.807, 2.05) is 55.5 Å². The summed E-state index contributed by atoms with van der Waals surface area (Å²) < 4.78 is 14.1. The van der Waals surface area contributed by atoms with Crippen molar-refractivity contribution < 1.29 is 9.47 Å². The van der Waals surface area contributed by atoms with Crippen LogP contribution in [0.5, 0.6) is 5.75 Å². The number of hydrogen-bond donors (Lipinski definition) is 0. The van der Waals surface area contributed by atoms with E-state index in [0.717, 1.165) is 21.3 Å². The molecule has 1 heterocycles. The quantitative estimate of drug-likeness (QED) is 0.276. The van der Waals surface area contributed by atoms with Crippen molar-refractivity contribution in [3.63, 3.8) is 0 Å². The minimum Gasteiger partial charge on any atom is -0.490 e. The fraction of sp³-hybridized carbons (Fsp3) is 0.200. The first-order valence-corrected chi connectivity index (χ1v) is 11.4. The van der Waals surface area contributed by atoms with Gasteiger partial charge in [0, 0.05) is 10.6 Å². The molecule has 0 aliphatic carbocycles. The summed E-state index contributed by atoms with van der Waals surface area (Å²) in [6.45, 7) is 3.59. The second kappa shape index (κ2) is 10.3. The third-order valence-electron chi connectivity index (χ3n) is 5.00. The van der Waals surface area contributed by atoms with Gasteiger partial charge in [0.05, 0.1) is 35.1 Å². The topological polar surface area (TPSA) is 53.4 Å². The molecule has 0 aliphatic rings. The molecule has 0 N–H and O–H groups in total. The molecular weight excluding hydrogens is 492 g/mol. The SMILES string of the molecule is Cc1ccc(OCCOCCn2c(-c3ccc(Cl)cc3)nc3ccccc3c2=O)c(Br)c1. The highest BCUT2D eigenvalue weighted by atomic mass is 79.9. The molecule has 1 aromatic heterocycles. The summed E-state index contributed by atoms with van der Waals surface area (Å²) in [7, 11) is 0. The molecule has 0 radical (unpaired) electrons. The summed E-state index contributed by atoms with van der Waals surface area (Å²) in [5.74, 6) is 1.37. The first-order chi connectivity index (χ1) is 15.5. The molecule has 32 heavy (non-hydrogen) atoms. The first kappa shape index (κ1) is 22.5. The van der Waals surface area contributed by atoms with Crippen LogP contribution in [0.1, 0.15) is 5.56 Å². The van der Waals surface area contributed by atoms with Crippen LogP contribution in [0, 0.1) is 6.92 Å². The van der Waals surface area contributed by atoms with E-state index in [1.165, 1.54) is 0 Å². The molecule has 0 saturated carbocycles. The number of hydrogen-bond acceptors (Lipinski definition) is 4. The van der Waals surface area contributed by atoms with Gasteiger partial charge in [0.1, 0.15) is 18.2 Å². The van der Waals surface area contributed by atoms with Crippen LogP contribution in [-0.2, 0) is 11.3 Å². The van der Waals surface area contributed by atoms with Crippen molar-refractivity contribution in [3.8, 4) is 17.1 Å². The summed E-state index contributed by atoms with van der Waals surface area (Å²) in [6, 6.07) is 20.6. The zero-order valence-corrected chi connectivity index (χ0v) is 19.9. The van der Waals surface area contributed by atoms with Crippen LogP contribution in [-0.4, -0.2) is 29.4 Å². The Hall–Kier alpha value is -2.67. The number of aromatic nitrogens is 2. The van der Waals surface area contributed by atoms with Crippen molar-refractivity contribution in [2.75, 3.05) is 19.8 Å². The molecule has 0 fully saturated rings. The molecule has 7 heteroatoms. The van der Waals surface area contributed by atoms with Gasteiger partial charge >= 0.3 is 0 Å². The maximum atomic E-state index is 13.2. The molecule has 0 atom stereocenters. The molecule has 0 unspecified atom stereocenters. The molecule has 0 saturated heterocycles. The Morgan fingerprint density at radius 1 is 1.00 bits per heavy atom. The summed E-state index contributed by atoms with van der Waals surface area (Å²) in [4.78, 5) is 17.9. The summed E-state index contributed by atoms with van der Waals surface area (Å²) in [6.07, 6.45) is 0. The van der Waals surface area contributed by atoms with Gasteiger partial charge in [-0.15, -0.1) is 0 Å². The fourth-order valence-corrected chi connectivity index (χ4v) is 4.12. The van der Waals surface area contributed by atoms with Gasteiger partial charge in [-0.1, -0.05) is 29.8 Å². The third kappa shape index (κ3) is 5.21. The highest BCUT2D eigenvalue weighted by molar-refractivity contribution is 9.10. The molecular formula is C25H22BrClN2O3. The molecule has 0 amide bonds. The minimum absolute atomic E-state index is 0.0935. The van der Waals surface area contributed by atoms with Gasteiger partial charge in [0.2, 0.25) is 0 Å². The highest BCUT2D eigenvalue weighted by Crippen LogP contribution is 2.25. The molecule has 0 aliphatic heterocycles. The molecule has 0 bridgehead atoms. The van der Waals surface area contributed by atoms with Crippen LogP contribution < -0.4 is 10.3 Å². The Labute approximate surface area is 199 Å². The van der Waals surface area contributed by atoms with E-state index in [4.69, 9.17) is 26.1 Å². The molecule has 4 rings (SSSR count). The number of aryl methyl sites for hydroxylation is 1. The fourth-order valence-electron chi connectivity index (χ4n) is 3.39. The number of benzene rings is 3. The molecule has 4 aromatic rings. The average Bonchev–Trinajstić information content (AvgIpc) is 2.79. The van der Waals surface area contributed by atoms with Crippen molar-refractivity contribution in [2.45, 2.75) is 13.5 Å². The Morgan fingerprint density at radius 3 is 2.56 bits per heavy atom. The van der Waals surface area contributed by atoms with Crippen LogP contribution in [0.2, 0.25) is 5.02 Å². The lowest BCUT2D eigenvalue weighted by molar-refractivity contribution is 0.0938. The highest BCUT2D eigenvalue weighted by Gasteiger charge is 2.13. The molecule has 164 valence electrons. The normalized spacial score (nSPS) is 11.1. The smallest absolute Gasteiger partial charge is 0.261 e. The van der Waals surface area contributed by atoms with E-state index in [9.17, 15) is 4.79 Å². The van der Waals surface area contributed by atoms with Crippen LogP contribution in [0.15, 0.2) is 76.0 Å². The number of para-hydroxylation sites is 1. The number of halogens is 2. The van der Waals surface area contributed by atoms with Crippen LogP contribution in [0.3, 0.4) is 0 Å². The number of fused-ring (bicyclic) bond motifs is 1. The lowest BCUT2D eigenvalue weighted by atomic mass is 10.2.